The van der Waals surface area contributed by atoms with Gasteiger partial charge in [-0.2, -0.15) is 0 Å². The van der Waals surface area contributed by atoms with Gasteiger partial charge in [0.15, 0.2) is 0 Å². The summed E-state index contributed by atoms with van der Waals surface area (Å²) in [6, 6.07) is 18.8. The summed E-state index contributed by atoms with van der Waals surface area (Å²) in [4.78, 5) is 26.9. The maximum absolute atomic E-state index is 12.8. The van der Waals surface area contributed by atoms with Crippen LogP contribution in [0.2, 0.25) is 0 Å². The molecule has 5 heteroatoms. The molecule has 1 atom stereocenters. The van der Waals surface area contributed by atoms with Gasteiger partial charge in [-0.3, -0.25) is 14.5 Å². The minimum atomic E-state index is -0.198. The van der Waals surface area contributed by atoms with Gasteiger partial charge in [0.05, 0.1) is 18.8 Å². The number of carbonyl (C=O) groups is 2. The van der Waals surface area contributed by atoms with Gasteiger partial charge in [-0.05, 0) is 42.1 Å². The zero-order valence-corrected chi connectivity index (χ0v) is 15.2. The lowest BCUT2D eigenvalue weighted by Gasteiger charge is -2.20. The number of anilines is 1. The molecule has 4 rings (SSSR count). The average molecular weight is 360 g/mol. The molecule has 3 aromatic carbocycles. The van der Waals surface area contributed by atoms with Crippen molar-refractivity contribution in [2.24, 2.45) is 0 Å². The van der Waals surface area contributed by atoms with Gasteiger partial charge in [-0.15, -0.1) is 0 Å². The molecule has 1 N–H and O–H groups in total. The Balaban J connectivity index is 1.50. The molecule has 3 aromatic rings. The van der Waals surface area contributed by atoms with Crippen molar-refractivity contribution in [3.05, 3.63) is 71.8 Å². The molecule has 1 heterocycles. The van der Waals surface area contributed by atoms with Crippen molar-refractivity contribution in [2.45, 2.75) is 13.0 Å². The SMILES string of the molecule is COc1ccc([C@H](C)NC(=O)CN2C(=O)c3cccc4cccc2c34)cc1. The second kappa shape index (κ2) is 6.76. The summed E-state index contributed by atoms with van der Waals surface area (Å²) in [6.45, 7) is 1.91. The van der Waals surface area contributed by atoms with Crippen LogP contribution < -0.4 is 15.0 Å². The van der Waals surface area contributed by atoms with Crippen LogP contribution in [0.4, 0.5) is 5.69 Å². The van der Waals surface area contributed by atoms with E-state index in [1.165, 1.54) is 0 Å². The van der Waals surface area contributed by atoms with Crippen molar-refractivity contribution in [3.8, 4) is 5.75 Å². The second-order valence-electron chi connectivity index (χ2n) is 6.63. The van der Waals surface area contributed by atoms with Gasteiger partial charge in [0.1, 0.15) is 12.3 Å². The fraction of sp³-hybridized carbons (Fsp3) is 0.182. The van der Waals surface area contributed by atoms with Crippen LogP contribution in [0.15, 0.2) is 60.7 Å². The van der Waals surface area contributed by atoms with E-state index in [9.17, 15) is 9.59 Å². The summed E-state index contributed by atoms with van der Waals surface area (Å²) in [5, 5.41) is 4.89. The molecule has 1 aliphatic heterocycles. The molecule has 0 unspecified atom stereocenters. The van der Waals surface area contributed by atoms with Crippen LogP contribution >= 0.6 is 0 Å². The Morgan fingerprint density at radius 3 is 2.48 bits per heavy atom. The zero-order valence-electron chi connectivity index (χ0n) is 15.2. The predicted octanol–water partition coefficient (Wildman–Crippen LogP) is 3.69. The summed E-state index contributed by atoms with van der Waals surface area (Å²) in [5.41, 5.74) is 2.42. The Hall–Kier alpha value is -3.34. The molecule has 1 aliphatic rings. The van der Waals surface area contributed by atoms with Crippen molar-refractivity contribution in [2.75, 3.05) is 18.6 Å². The van der Waals surface area contributed by atoms with E-state index in [2.05, 4.69) is 5.32 Å². The first-order valence-corrected chi connectivity index (χ1v) is 8.85. The Morgan fingerprint density at radius 1 is 1.07 bits per heavy atom. The molecule has 0 saturated carbocycles. The van der Waals surface area contributed by atoms with E-state index in [4.69, 9.17) is 4.74 Å². The first kappa shape index (κ1) is 17.1. The van der Waals surface area contributed by atoms with Crippen molar-refractivity contribution in [1.29, 1.82) is 0 Å². The average Bonchev–Trinajstić information content (AvgIpc) is 2.96. The van der Waals surface area contributed by atoms with Crippen LogP contribution in [0.25, 0.3) is 10.8 Å². The number of nitrogens with one attached hydrogen (secondary N) is 1. The lowest BCUT2D eigenvalue weighted by Crippen LogP contribution is -2.39. The minimum absolute atomic E-state index is 0.00682. The third kappa shape index (κ3) is 3.01. The number of ether oxygens (including phenoxy) is 1. The fourth-order valence-corrected chi connectivity index (χ4v) is 3.54. The second-order valence-corrected chi connectivity index (χ2v) is 6.63. The number of hydrogen-bond acceptors (Lipinski definition) is 3. The lowest BCUT2D eigenvalue weighted by molar-refractivity contribution is -0.120. The van der Waals surface area contributed by atoms with Gasteiger partial charge < -0.3 is 10.1 Å². The highest BCUT2D eigenvalue weighted by Crippen LogP contribution is 2.36. The molecule has 0 spiro atoms. The Kier molecular flexibility index (Phi) is 4.28. The number of benzene rings is 3. The molecule has 27 heavy (non-hydrogen) atoms. The molecule has 0 bridgehead atoms. The van der Waals surface area contributed by atoms with E-state index >= 15 is 0 Å². The van der Waals surface area contributed by atoms with Crippen LogP contribution in [-0.4, -0.2) is 25.5 Å². The molecule has 0 saturated heterocycles. The van der Waals surface area contributed by atoms with E-state index < -0.39 is 0 Å². The Labute approximate surface area is 157 Å². The van der Waals surface area contributed by atoms with Gasteiger partial charge in [-0.25, -0.2) is 0 Å². The topological polar surface area (TPSA) is 58.6 Å². The van der Waals surface area contributed by atoms with Gasteiger partial charge >= 0.3 is 0 Å². The Bertz CT molecular complexity index is 1020. The van der Waals surface area contributed by atoms with E-state index in [1.807, 2.05) is 67.6 Å². The molecule has 2 amide bonds. The molecule has 0 fully saturated rings. The van der Waals surface area contributed by atoms with E-state index in [0.717, 1.165) is 27.8 Å². The summed E-state index contributed by atoms with van der Waals surface area (Å²) in [7, 11) is 1.62. The largest absolute Gasteiger partial charge is 0.497 e. The van der Waals surface area contributed by atoms with E-state index in [-0.39, 0.29) is 24.4 Å². The van der Waals surface area contributed by atoms with Crippen LogP contribution in [0.3, 0.4) is 0 Å². The normalized spacial score (nSPS) is 13.7. The van der Waals surface area contributed by atoms with Crippen molar-refractivity contribution < 1.29 is 14.3 Å². The van der Waals surface area contributed by atoms with Crippen molar-refractivity contribution >= 4 is 28.3 Å². The van der Waals surface area contributed by atoms with Crippen molar-refractivity contribution in [3.63, 3.8) is 0 Å². The molecular formula is C22H20N2O3. The van der Waals surface area contributed by atoms with Crippen LogP contribution in [0, 0.1) is 0 Å². The van der Waals surface area contributed by atoms with Crippen molar-refractivity contribution in [1.82, 2.24) is 5.32 Å². The van der Waals surface area contributed by atoms with Crippen LogP contribution in [-0.2, 0) is 4.79 Å². The molecule has 0 aromatic heterocycles. The molecule has 136 valence electrons. The fourth-order valence-electron chi connectivity index (χ4n) is 3.54. The number of rotatable bonds is 5. The smallest absolute Gasteiger partial charge is 0.259 e. The number of nitrogens with zero attached hydrogens (tertiary/aromatic N) is 1. The molecule has 5 nitrogen and oxygen atoms in total. The highest BCUT2D eigenvalue weighted by atomic mass is 16.5. The van der Waals surface area contributed by atoms with Crippen LogP contribution in [0.1, 0.15) is 28.9 Å². The number of amides is 2. The molecule has 0 aliphatic carbocycles. The maximum Gasteiger partial charge on any atom is 0.259 e. The molecule has 0 radical (unpaired) electrons. The van der Waals surface area contributed by atoms with E-state index in [1.54, 1.807) is 12.0 Å². The predicted molar refractivity (Wildman–Crippen MR) is 105 cm³/mol. The summed E-state index contributed by atoms with van der Waals surface area (Å²) in [6.07, 6.45) is 0. The highest BCUT2D eigenvalue weighted by Gasteiger charge is 2.31. The third-order valence-electron chi connectivity index (χ3n) is 4.94. The summed E-state index contributed by atoms with van der Waals surface area (Å²) < 4.78 is 5.16. The summed E-state index contributed by atoms with van der Waals surface area (Å²) >= 11 is 0. The van der Waals surface area contributed by atoms with E-state index in [0.29, 0.717) is 5.56 Å². The van der Waals surface area contributed by atoms with Gasteiger partial charge in [0, 0.05) is 10.9 Å². The van der Waals surface area contributed by atoms with Gasteiger partial charge in [-0.1, -0.05) is 36.4 Å². The number of hydrogen-bond donors (Lipinski definition) is 1. The first-order valence-electron chi connectivity index (χ1n) is 8.85. The monoisotopic (exact) mass is 360 g/mol. The number of carbonyl (C=O) groups excluding carboxylic acids is 2. The maximum atomic E-state index is 12.8. The zero-order chi connectivity index (χ0) is 19.0. The van der Waals surface area contributed by atoms with Gasteiger partial charge in [0.25, 0.3) is 5.91 Å². The quantitative estimate of drug-likeness (QED) is 0.755. The molecular weight excluding hydrogens is 340 g/mol. The van der Waals surface area contributed by atoms with Crippen LogP contribution in [0.5, 0.6) is 5.75 Å². The third-order valence-corrected chi connectivity index (χ3v) is 4.94. The summed E-state index contributed by atoms with van der Waals surface area (Å²) in [5.74, 6) is 0.441. The standard InChI is InChI=1S/C22H20N2O3/c1-14(15-9-11-17(27-2)12-10-15)23-20(25)13-24-19-8-4-6-16-5-3-7-18(21(16)19)22(24)26/h3-12,14H,13H2,1-2H3,(H,23,25)/t14-/m0/s1. The van der Waals surface area contributed by atoms with Gasteiger partial charge in [0.2, 0.25) is 5.91 Å². The minimum Gasteiger partial charge on any atom is -0.497 e. The number of methoxy groups -OCH3 is 1. The first-order chi connectivity index (χ1) is 13.1. The highest BCUT2D eigenvalue weighted by molar-refractivity contribution is 6.26. The Morgan fingerprint density at radius 2 is 1.78 bits per heavy atom. The lowest BCUT2D eigenvalue weighted by atomic mass is 10.1.